The number of amides is 3. The molecule has 1 aromatic heterocycles. The standard InChI is InChI=1S/C23H32N4O3/c24-23(29)26-21(14-16-15-25-20-9-5-4-8-19(16)20)22(28)27-12-10-18(11-13-27)30-17-6-2-1-3-7-17/h4-5,8-9,15,17-18,21,25H,1-3,6-7,10-14H2,(H3,24,26,29). The average molecular weight is 413 g/mol. The van der Waals surface area contributed by atoms with E-state index in [0.29, 0.717) is 25.6 Å². The lowest BCUT2D eigenvalue weighted by Gasteiger charge is -2.36. The van der Waals surface area contributed by atoms with E-state index in [-0.39, 0.29) is 12.0 Å². The molecule has 0 bridgehead atoms. The minimum absolute atomic E-state index is 0.0739. The van der Waals surface area contributed by atoms with Crippen LogP contribution >= 0.6 is 0 Å². The minimum atomic E-state index is -0.677. The van der Waals surface area contributed by atoms with Crippen LogP contribution in [0.2, 0.25) is 0 Å². The zero-order chi connectivity index (χ0) is 20.9. The van der Waals surface area contributed by atoms with Crippen molar-refractivity contribution in [3.05, 3.63) is 36.0 Å². The predicted molar refractivity (Wildman–Crippen MR) is 116 cm³/mol. The molecule has 4 N–H and O–H groups in total. The Balaban J connectivity index is 1.37. The molecule has 1 saturated heterocycles. The van der Waals surface area contributed by atoms with Gasteiger partial charge in [0.1, 0.15) is 6.04 Å². The van der Waals surface area contributed by atoms with Crippen LogP contribution in [0.15, 0.2) is 30.5 Å². The number of H-pyrrole nitrogens is 1. The molecule has 2 fully saturated rings. The molecule has 1 unspecified atom stereocenters. The van der Waals surface area contributed by atoms with Crippen LogP contribution in [0.5, 0.6) is 0 Å². The molecule has 2 heterocycles. The second-order valence-corrected chi connectivity index (χ2v) is 8.55. The Morgan fingerprint density at radius 2 is 1.80 bits per heavy atom. The van der Waals surface area contributed by atoms with E-state index in [2.05, 4.69) is 10.3 Å². The average Bonchev–Trinajstić information content (AvgIpc) is 3.17. The largest absolute Gasteiger partial charge is 0.375 e. The maximum absolute atomic E-state index is 13.2. The van der Waals surface area contributed by atoms with Crippen LogP contribution < -0.4 is 11.1 Å². The first-order valence-corrected chi connectivity index (χ1v) is 11.2. The molecule has 2 aromatic rings. The smallest absolute Gasteiger partial charge is 0.312 e. The summed E-state index contributed by atoms with van der Waals surface area (Å²) in [7, 11) is 0. The number of carbonyl (C=O) groups excluding carboxylic acids is 2. The lowest BCUT2D eigenvalue weighted by atomic mass is 9.97. The van der Waals surface area contributed by atoms with Gasteiger partial charge in [0, 0.05) is 36.6 Å². The zero-order valence-electron chi connectivity index (χ0n) is 17.4. The van der Waals surface area contributed by atoms with Gasteiger partial charge in [-0.25, -0.2) is 4.79 Å². The van der Waals surface area contributed by atoms with Crippen molar-refractivity contribution >= 4 is 22.8 Å². The molecular formula is C23H32N4O3. The van der Waals surface area contributed by atoms with Crippen LogP contribution in [0.3, 0.4) is 0 Å². The van der Waals surface area contributed by atoms with Gasteiger partial charge in [0.05, 0.1) is 12.2 Å². The van der Waals surface area contributed by atoms with Gasteiger partial charge in [0.15, 0.2) is 0 Å². The van der Waals surface area contributed by atoms with Crippen molar-refractivity contribution in [3.8, 4) is 0 Å². The van der Waals surface area contributed by atoms with Crippen molar-refractivity contribution in [1.82, 2.24) is 15.2 Å². The number of aromatic nitrogens is 1. The van der Waals surface area contributed by atoms with Crippen molar-refractivity contribution in [1.29, 1.82) is 0 Å². The molecule has 1 aromatic carbocycles. The number of para-hydroxylation sites is 1. The number of nitrogens with two attached hydrogens (primary N) is 1. The predicted octanol–water partition coefficient (Wildman–Crippen LogP) is 3.09. The van der Waals surface area contributed by atoms with Gasteiger partial charge >= 0.3 is 6.03 Å². The summed E-state index contributed by atoms with van der Waals surface area (Å²) >= 11 is 0. The number of nitrogens with zero attached hydrogens (tertiary/aromatic N) is 1. The van der Waals surface area contributed by atoms with Gasteiger partial charge < -0.3 is 25.7 Å². The highest BCUT2D eigenvalue weighted by atomic mass is 16.5. The topological polar surface area (TPSA) is 100 Å². The van der Waals surface area contributed by atoms with Crippen molar-refractivity contribution in [2.45, 2.75) is 69.6 Å². The normalized spacial score (nSPS) is 19.7. The first kappa shape index (κ1) is 20.7. The van der Waals surface area contributed by atoms with Gasteiger partial charge in [-0.1, -0.05) is 37.5 Å². The van der Waals surface area contributed by atoms with Crippen molar-refractivity contribution in [2.75, 3.05) is 13.1 Å². The third-order valence-electron chi connectivity index (χ3n) is 6.40. The Bertz CT molecular complexity index is 866. The first-order chi connectivity index (χ1) is 14.6. The summed E-state index contributed by atoms with van der Waals surface area (Å²) in [5, 5.41) is 3.72. The number of urea groups is 1. The Morgan fingerprint density at radius 1 is 1.10 bits per heavy atom. The van der Waals surface area contributed by atoms with Crippen LogP contribution in [-0.4, -0.2) is 53.2 Å². The van der Waals surface area contributed by atoms with Crippen molar-refractivity contribution in [3.63, 3.8) is 0 Å². The third-order valence-corrected chi connectivity index (χ3v) is 6.40. The van der Waals surface area contributed by atoms with Crippen molar-refractivity contribution in [2.24, 2.45) is 5.73 Å². The molecule has 0 radical (unpaired) electrons. The van der Waals surface area contributed by atoms with Crippen LogP contribution in [0, 0.1) is 0 Å². The van der Waals surface area contributed by atoms with E-state index in [1.165, 1.54) is 19.3 Å². The van der Waals surface area contributed by atoms with E-state index in [0.717, 1.165) is 42.1 Å². The Kier molecular flexibility index (Phi) is 6.57. The van der Waals surface area contributed by atoms with E-state index >= 15 is 0 Å². The molecule has 4 rings (SSSR count). The number of rotatable bonds is 6. The van der Waals surface area contributed by atoms with Gasteiger partial charge in [-0.3, -0.25) is 4.79 Å². The third kappa shape index (κ3) is 4.95. The zero-order valence-corrected chi connectivity index (χ0v) is 17.4. The maximum Gasteiger partial charge on any atom is 0.312 e. The first-order valence-electron chi connectivity index (χ1n) is 11.2. The molecular weight excluding hydrogens is 380 g/mol. The maximum atomic E-state index is 13.2. The number of hydrogen-bond acceptors (Lipinski definition) is 3. The molecule has 1 saturated carbocycles. The van der Waals surface area contributed by atoms with Crippen LogP contribution in [-0.2, 0) is 16.0 Å². The summed E-state index contributed by atoms with van der Waals surface area (Å²) in [6, 6.07) is 6.60. The molecule has 1 aliphatic carbocycles. The summed E-state index contributed by atoms with van der Waals surface area (Å²) in [6.45, 7) is 1.31. The SMILES string of the molecule is NC(=O)NC(Cc1c[nH]c2ccccc12)C(=O)N1CCC(OC2CCCCC2)CC1. The highest BCUT2D eigenvalue weighted by molar-refractivity contribution is 5.89. The lowest BCUT2D eigenvalue weighted by molar-refractivity contribution is -0.137. The molecule has 2 aliphatic rings. The fraction of sp³-hybridized carbons (Fsp3) is 0.565. The number of aromatic amines is 1. The number of hydrogen-bond donors (Lipinski definition) is 3. The molecule has 30 heavy (non-hydrogen) atoms. The molecule has 0 spiro atoms. The van der Waals surface area contributed by atoms with Crippen LogP contribution in [0.25, 0.3) is 10.9 Å². The van der Waals surface area contributed by atoms with E-state index in [1.807, 2.05) is 35.4 Å². The second-order valence-electron chi connectivity index (χ2n) is 8.55. The van der Waals surface area contributed by atoms with E-state index < -0.39 is 12.1 Å². The van der Waals surface area contributed by atoms with E-state index in [1.54, 1.807) is 0 Å². The lowest BCUT2D eigenvalue weighted by Crippen LogP contribution is -2.53. The van der Waals surface area contributed by atoms with Gasteiger partial charge in [-0.05, 0) is 37.3 Å². The Morgan fingerprint density at radius 3 is 2.53 bits per heavy atom. The fourth-order valence-electron chi connectivity index (χ4n) is 4.80. The number of piperidine rings is 1. The van der Waals surface area contributed by atoms with Gasteiger partial charge in [0.2, 0.25) is 5.91 Å². The van der Waals surface area contributed by atoms with Gasteiger partial charge in [0.25, 0.3) is 0 Å². The summed E-state index contributed by atoms with van der Waals surface area (Å²) < 4.78 is 6.29. The number of nitrogens with one attached hydrogen (secondary N) is 2. The van der Waals surface area contributed by atoms with E-state index in [9.17, 15) is 9.59 Å². The summed E-state index contributed by atoms with van der Waals surface area (Å²) in [5.41, 5.74) is 7.39. The van der Waals surface area contributed by atoms with Crippen LogP contribution in [0.4, 0.5) is 4.79 Å². The monoisotopic (exact) mass is 412 g/mol. The number of carbonyl (C=O) groups is 2. The molecule has 3 amide bonds. The van der Waals surface area contributed by atoms with Gasteiger partial charge in [-0.2, -0.15) is 0 Å². The molecule has 1 atom stereocenters. The van der Waals surface area contributed by atoms with Crippen molar-refractivity contribution < 1.29 is 14.3 Å². The Hall–Kier alpha value is -2.54. The number of ether oxygens (including phenoxy) is 1. The number of benzene rings is 1. The van der Waals surface area contributed by atoms with Crippen LogP contribution in [0.1, 0.15) is 50.5 Å². The molecule has 7 heteroatoms. The molecule has 1 aliphatic heterocycles. The van der Waals surface area contributed by atoms with E-state index in [4.69, 9.17) is 10.5 Å². The quantitative estimate of drug-likeness (QED) is 0.680. The molecule has 7 nitrogen and oxygen atoms in total. The summed E-state index contributed by atoms with van der Waals surface area (Å²) in [5.74, 6) is -0.0739. The number of primary amides is 1. The minimum Gasteiger partial charge on any atom is -0.375 e. The highest BCUT2D eigenvalue weighted by Gasteiger charge is 2.31. The highest BCUT2D eigenvalue weighted by Crippen LogP contribution is 2.25. The van der Waals surface area contributed by atoms with Gasteiger partial charge in [-0.15, -0.1) is 0 Å². The Labute approximate surface area is 177 Å². The molecule has 162 valence electrons. The summed E-state index contributed by atoms with van der Waals surface area (Å²) in [6.07, 6.45) is 10.8. The fourth-order valence-corrected chi connectivity index (χ4v) is 4.80. The number of fused-ring (bicyclic) bond motifs is 1. The second kappa shape index (κ2) is 9.51. The number of likely N-dealkylation sites (tertiary alicyclic amines) is 1. The summed E-state index contributed by atoms with van der Waals surface area (Å²) in [4.78, 5) is 29.8.